The smallest absolute Gasteiger partial charge is 0.326 e. The van der Waals surface area contributed by atoms with Crippen LogP contribution in [0.3, 0.4) is 0 Å². The molecule has 1 unspecified atom stereocenters. The number of anilines is 1. The molecule has 1 atom stereocenters. The van der Waals surface area contributed by atoms with Crippen LogP contribution in [0.15, 0.2) is 59.5 Å². The van der Waals surface area contributed by atoms with E-state index >= 15 is 0 Å². The number of carbonyl (C=O) groups excluding carboxylic acids is 2. The van der Waals surface area contributed by atoms with Gasteiger partial charge in [0.2, 0.25) is 0 Å². The topological polar surface area (TPSA) is 77.9 Å². The third-order valence-corrected chi connectivity index (χ3v) is 6.28. The van der Waals surface area contributed by atoms with Gasteiger partial charge < -0.3 is 10.0 Å². The normalized spacial score (nSPS) is 19.7. The number of fused-ring (bicyclic) bond motifs is 1. The molecule has 4 rings (SSSR count). The second kappa shape index (κ2) is 7.46. The fourth-order valence-electron chi connectivity index (χ4n) is 3.40. The van der Waals surface area contributed by atoms with E-state index in [1.54, 1.807) is 17.0 Å². The molecule has 0 radical (unpaired) electrons. The summed E-state index contributed by atoms with van der Waals surface area (Å²) in [7, 11) is 0. The Balaban J connectivity index is 1.79. The van der Waals surface area contributed by atoms with Crippen LogP contribution in [-0.2, 0) is 20.9 Å². The number of aliphatic carboxylic acids is 1. The Morgan fingerprint density at radius 1 is 1.07 bits per heavy atom. The molecule has 2 aromatic rings. The zero-order chi connectivity index (χ0) is 20.7. The molecule has 1 fully saturated rings. The first-order valence-electron chi connectivity index (χ1n) is 8.87. The molecular weight excluding hydrogens is 408 g/mol. The number of carboxylic acids is 1. The van der Waals surface area contributed by atoms with E-state index in [1.165, 1.54) is 6.92 Å². The van der Waals surface area contributed by atoms with Crippen LogP contribution in [-0.4, -0.2) is 38.2 Å². The molecule has 1 N–H and O–H groups in total. The highest BCUT2D eigenvalue weighted by Gasteiger charge is 2.44. The van der Waals surface area contributed by atoms with Gasteiger partial charge in [-0.3, -0.25) is 14.5 Å². The van der Waals surface area contributed by atoms with Crippen LogP contribution in [0.5, 0.6) is 0 Å². The highest BCUT2D eigenvalue weighted by molar-refractivity contribution is 8.26. The maximum Gasteiger partial charge on any atom is 0.326 e. The van der Waals surface area contributed by atoms with Crippen molar-refractivity contribution in [1.82, 2.24) is 4.90 Å². The summed E-state index contributed by atoms with van der Waals surface area (Å²) in [5, 5.41) is 9.29. The molecule has 0 bridgehead atoms. The van der Waals surface area contributed by atoms with E-state index in [2.05, 4.69) is 0 Å². The number of amides is 2. The van der Waals surface area contributed by atoms with Crippen molar-refractivity contribution in [2.45, 2.75) is 19.5 Å². The van der Waals surface area contributed by atoms with Crippen molar-refractivity contribution in [3.05, 3.63) is 70.6 Å². The Hall–Kier alpha value is -2.97. The number of hydrogen-bond donors (Lipinski definition) is 1. The van der Waals surface area contributed by atoms with Gasteiger partial charge in [0.1, 0.15) is 10.4 Å². The lowest BCUT2D eigenvalue weighted by Gasteiger charge is -2.19. The lowest BCUT2D eigenvalue weighted by atomic mass is 10.1. The predicted molar refractivity (Wildman–Crippen MR) is 115 cm³/mol. The molecule has 6 nitrogen and oxygen atoms in total. The van der Waals surface area contributed by atoms with Crippen molar-refractivity contribution < 1.29 is 19.5 Å². The fourth-order valence-corrected chi connectivity index (χ4v) is 4.89. The molecule has 2 aliphatic rings. The summed E-state index contributed by atoms with van der Waals surface area (Å²) in [6.07, 6.45) is 0. The average Bonchev–Trinajstić information content (AvgIpc) is 3.15. The quantitative estimate of drug-likeness (QED) is 0.600. The Morgan fingerprint density at radius 3 is 2.41 bits per heavy atom. The van der Waals surface area contributed by atoms with Gasteiger partial charge in [-0.15, -0.1) is 0 Å². The summed E-state index contributed by atoms with van der Waals surface area (Å²) < 4.78 is 0.138. The van der Waals surface area contributed by atoms with Gasteiger partial charge in [0.25, 0.3) is 11.8 Å². The van der Waals surface area contributed by atoms with Crippen molar-refractivity contribution in [2.24, 2.45) is 0 Å². The molecule has 2 heterocycles. The monoisotopic (exact) mass is 424 g/mol. The number of rotatable bonds is 4. The van der Waals surface area contributed by atoms with Crippen LogP contribution >= 0.6 is 24.0 Å². The van der Waals surface area contributed by atoms with E-state index in [0.717, 1.165) is 22.2 Å². The molecule has 0 aliphatic carbocycles. The highest BCUT2D eigenvalue weighted by Crippen LogP contribution is 2.45. The number of nitrogens with zero attached hydrogens (tertiary/aromatic N) is 2. The van der Waals surface area contributed by atoms with Crippen LogP contribution in [0.25, 0.3) is 5.57 Å². The van der Waals surface area contributed by atoms with Crippen LogP contribution in [0.2, 0.25) is 0 Å². The maximum absolute atomic E-state index is 13.3. The number of thiocarbonyl (C=S) groups is 1. The molecule has 2 aromatic carbocycles. The minimum Gasteiger partial charge on any atom is -0.480 e. The number of carboxylic acid groups (broad SMARTS) is 1. The molecule has 0 saturated carbocycles. The average molecular weight is 425 g/mol. The van der Waals surface area contributed by atoms with Gasteiger partial charge in [0, 0.05) is 5.56 Å². The molecule has 29 heavy (non-hydrogen) atoms. The SMILES string of the molecule is CC(C(=O)O)N1C(=O)/C(=C2/C(=O)N(Cc3ccccc3)c3ccccc32)SC1=S. The Morgan fingerprint density at radius 2 is 1.72 bits per heavy atom. The molecule has 1 saturated heterocycles. The van der Waals surface area contributed by atoms with Gasteiger partial charge in [-0.2, -0.15) is 0 Å². The summed E-state index contributed by atoms with van der Waals surface area (Å²) in [5.74, 6) is -2.00. The van der Waals surface area contributed by atoms with Gasteiger partial charge in [0.05, 0.1) is 22.7 Å². The van der Waals surface area contributed by atoms with Gasteiger partial charge in [-0.1, -0.05) is 72.5 Å². The molecular formula is C21H16N2O4S2. The summed E-state index contributed by atoms with van der Waals surface area (Å²) in [5.41, 5.74) is 2.60. The van der Waals surface area contributed by atoms with E-state index in [-0.39, 0.29) is 20.7 Å². The van der Waals surface area contributed by atoms with Crippen molar-refractivity contribution >= 4 is 57.3 Å². The minimum atomic E-state index is -1.16. The second-order valence-corrected chi connectivity index (χ2v) is 8.30. The summed E-state index contributed by atoms with van der Waals surface area (Å²) in [6, 6.07) is 15.7. The Bertz CT molecular complexity index is 1080. The van der Waals surface area contributed by atoms with Gasteiger partial charge in [-0.05, 0) is 18.6 Å². The molecule has 146 valence electrons. The molecule has 0 spiro atoms. The van der Waals surface area contributed by atoms with Gasteiger partial charge in [0.15, 0.2) is 0 Å². The number of para-hydroxylation sites is 1. The molecule has 2 aliphatic heterocycles. The van der Waals surface area contributed by atoms with E-state index in [4.69, 9.17) is 12.2 Å². The third-order valence-electron chi connectivity index (χ3n) is 4.88. The van der Waals surface area contributed by atoms with Crippen molar-refractivity contribution in [2.75, 3.05) is 4.90 Å². The van der Waals surface area contributed by atoms with E-state index in [1.807, 2.05) is 42.5 Å². The highest BCUT2D eigenvalue weighted by atomic mass is 32.2. The van der Waals surface area contributed by atoms with Gasteiger partial charge >= 0.3 is 5.97 Å². The lowest BCUT2D eigenvalue weighted by Crippen LogP contribution is -2.41. The zero-order valence-electron chi connectivity index (χ0n) is 15.4. The van der Waals surface area contributed by atoms with Gasteiger partial charge in [-0.25, -0.2) is 4.79 Å². The van der Waals surface area contributed by atoms with E-state index in [9.17, 15) is 19.5 Å². The lowest BCUT2D eigenvalue weighted by molar-refractivity contribution is -0.144. The van der Waals surface area contributed by atoms with Crippen LogP contribution in [0.4, 0.5) is 5.69 Å². The Kier molecular flexibility index (Phi) is 4.97. The molecule has 8 heteroatoms. The van der Waals surface area contributed by atoms with Crippen molar-refractivity contribution in [1.29, 1.82) is 0 Å². The number of carbonyl (C=O) groups is 3. The molecule has 2 amide bonds. The van der Waals surface area contributed by atoms with E-state index < -0.39 is 17.9 Å². The number of benzene rings is 2. The van der Waals surface area contributed by atoms with E-state index in [0.29, 0.717) is 17.8 Å². The minimum absolute atomic E-state index is 0.138. The molecule has 0 aromatic heterocycles. The zero-order valence-corrected chi connectivity index (χ0v) is 17.0. The summed E-state index contributed by atoms with van der Waals surface area (Å²) in [4.78, 5) is 40.6. The fraction of sp³-hybridized carbons (Fsp3) is 0.143. The maximum atomic E-state index is 13.3. The summed E-state index contributed by atoms with van der Waals surface area (Å²) >= 11 is 6.22. The first-order chi connectivity index (χ1) is 13.9. The summed E-state index contributed by atoms with van der Waals surface area (Å²) in [6.45, 7) is 1.76. The van der Waals surface area contributed by atoms with Crippen molar-refractivity contribution in [3.8, 4) is 0 Å². The number of hydrogen-bond acceptors (Lipinski definition) is 5. The predicted octanol–water partition coefficient (Wildman–Crippen LogP) is 3.28. The Labute approximate surface area is 176 Å². The number of thioether (sulfide) groups is 1. The third kappa shape index (κ3) is 3.24. The standard InChI is InChI=1S/C21H16N2O4S2/c1-12(20(26)27)23-19(25)17(29-21(23)28)16-14-9-5-6-10-15(14)22(18(16)24)11-13-7-3-2-4-8-13/h2-10,12H,11H2,1H3,(H,26,27)/b17-16-. The largest absolute Gasteiger partial charge is 0.480 e. The van der Waals surface area contributed by atoms with Crippen LogP contribution in [0, 0.1) is 0 Å². The first kappa shape index (κ1) is 19.4. The van der Waals surface area contributed by atoms with Crippen LogP contribution < -0.4 is 4.90 Å². The van der Waals surface area contributed by atoms with Crippen molar-refractivity contribution in [3.63, 3.8) is 0 Å². The first-order valence-corrected chi connectivity index (χ1v) is 10.1. The van der Waals surface area contributed by atoms with Crippen LogP contribution in [0.1, 0.15) is 18.1 Å². The second-order valence-electron chi connectivity index (χ2n) is 6.66.